The highest BCUT2D eigenvalue weighted by Crippen LogP contribution is 2.26. The van der Waals surface area contributed by atoms with Crippen molar-refractivity contribution in [2.24, 2.45) is 0 Å². The van der Waals surface area contributed by atoms with Gasteiger partial charge >= 0.3 is 0 Å². The summed E-state index contributed by atoms with van der Waals surface area (Å²) in [6, 6.07) is 13.8. The third-order valence-corrected chi connectivity index (χ3v) is 5.68. The Morgan fingerprint density at radius 1 is 0.594 bits per heavy atom. The number of carbonyl (C=O) groups is 2. The molecule has 0 aromatic heterocycles. The van der Waals surface area contributed by atoms with Crippen molar-refractivity contribution in [3.05, 3.63) is 90.1 Å². The van der Waals surface area contributed by atoms with E-state index in [4.69, 9.17) is 11.5 Å². The van der Waals surface area contributed by atoms with E-state index in [9.17, 15) is 27.2 Å². The van der Waals surface area contributed by atoms with Crippen LogP contribution >= 0.6 is 45.2 Å². The van der Waals surface area contributed by atoms with E-state index in [0.29, 0.717) is 22.5 Å². The average Bonchev–Trinajstić information content (AvgIpc) is 2.76. The number of hydrogen-bond donors (Lipinski definition) is 2. The lowest BCUT2D eigenvalue weighted by Gasteiger charge is -2.02. The number of hydrogen-bond acceptors (Lipinski definition) is 4. The van der Waals surface area contributed by atoms with Gasteiger partial charge in [0.25, 0.3) is 0 Å². The summed E-state index contributed by atoms with van der Waals surface area (Å²) in [5, 5.41) is 0. The van der Waals surface area contributed by atoms with Crippen molar-refractivity contribution in [3.8, 4) is 0 Å². The Morgan fingerprint density at radius 2 is 0.812 bits per heavy atom. The lowest BCUT2D eigenvalue weighted by molar-refractivity contribution is 0.100. The molecule has 10 heteroatoms. The van der Waals surface area contributed by atoms with Gasteiger partial charge in [-0.1, -0.05) is 0 Å². The number of ketones is 2. The minimum Gasteiger partial charge on any atom is -0.399 e. The molecule has 0 aliphatic heterocycles. The monoisotopic (exact) mass is 672 g/mol. The minimum absolute atomic E-state index is 0.0694. The van der Waals surface area contributed by atoms with Crippen LogP contribution in [-0.2, 0) is 0 Å². The summed E-state index contributed by atoms with van der Waals surface area (Å²) in [6.45, 7) is 3.07. The SMILES string of the molecule is CC(=O)c1ccc(N)cc1.CC(=O)c1ccc(N)cc1.Fc1c(F)c(I)c(F)c(F)c1I. The molecular formula is C22H18F4I2N2O2. The Labute approximate surface area is 209 Å². The minimum atomic E-state index is -1.35. The molecule has 3 aromatic rings. The van der Waals surface area contributed by atoms with Gasteiger partial charge in [-0.05, 0) is 108 Å². The number of benzene rings is 3. The van der Waals surface area contributed by atoms with Gasteiger partial charge in [0.05, 0.1) is 7.14 Å². The molecular weight excluding hydrogens is 654 g/mol. The number of rotatable bonds is 2. The number of Topliss-reactive ketones (excluding diaryl/α,β-unsaturated/α-hetero) is 2. The third kappa shape index (κ3) is 8.04. The van der Waals surface area contributed by atoms with Crippen LogP contribution < -0.4 is 11.5 Å². The number of nitrogens with two attached hydrogens (primary N) is 2. The predicted molar refractivity (Wildman–Crippen MR) is 133 cm³/mol. The van der Waals surface area contributed by atoms with Crippen molar-refractivity contribution in [1.82, 2.24) is 0 Å². The smallest absolute Gasteiger partial charge is 0.176 e. The Bertz CT molecular complexity index is 946. The van der Waals surface area contributed by atoms with Crippen LogP contribution in [0.4, 0.5) is 28.9 Å². The van der Waals surface area contributed by atoms with Crippen molar-refractivity contribution in [3.63, 3.8) is 0 Å². The number of halogens is 6. The van der Waals surface area contributed by atoms with E-state index < -0.39 is 30.4 Å². The molecule has 4 N–H and O–H groups in total. The maximum atomic E-state index is 12.6. The van der Waals surface area contributed by atoms with Crippen molar-refractivity contribution in [2.75, 3.05) is 11.5 Å². The largest absolute Gasteiger partial charge is 0.399 e. The molecule has 3 rings (SSSR count). The molecule has 0 fully saturated rings. The molecule has 170 valence electrons. The first-order valence-electron chi connectivity index (χ1n) is 8.76. The lowest BCUT2D eigenvalue weighted by atomic mass is 10.1. The van der Waals surface area contributed by atoms with E-state index in [1.165, 1.54) is 59.0 Å². The zero-order valence-electron chi connectivity index (χ0n) is 16.9. The van der Waals surface area contributed by atoms with Crippen LogP contribution in [-0.4, -0.2) is 11.6 Å². The van der Waals surface area contributed by atoms with E-state index in [0.717, 1.165) is 0 Å². The first-order chi connectivity index (χ1) is 14.9. The summed E-state index contributed by atoms with van der Waals surface area (Å²) in [7, 11) is 0. The van der Waals surface area contributed by atoms with Crippen molar-refractivity contribution >= 4 is 68.1 Å². The van der Waals surface area contributed by atoms with Crippen LogP contribution in [0.5, 0.6) is 0 Å². The van der Waals surface area contributed by atoms with Gasteiger partial charge in [-0.2, -0.15) is 0 Å². The predicted octanol–water partition coefficient (Wildman–Crippen LogP) is 6.40. The molecule has 0 aliphatic rings. The highest BCUT2D eigenvalue weighted by Gasteiger charge is 2.21. The Hall–Kier alpha value is -2.22. The summed E-state index contributed by atoms with van der Waals surface area (Å²) < 4.78 is 49.2. The number of nitrogen functional groups attached to an aromatic ring is 2. The molecule has 0 unspecified atom stereocenters. The van der Waals surface area contributed by atoms with E-state index in [-0.39, 0.29) is 11.6 Å². The van der Waals surface area contributed by atoms with E-state index >= 15 is 0 Å². The van der Waals surface area contributed by atoms with Gasteiger partial charge < -0.3 is 11.5 Å². The lowest BCUT2D eigenvalue weighted by Crippen LogP contribution is -2.02. The van der Waals surface area contributed by atoms with Crippen molar-refractivity contribution in [1.29, 1.82) is 0 Å². The topological polar surface area (TPSA) is 86.2 Å². The first kappa shape index (κ1) is 27.8. The molecule has 0 radical (unpaired) electrons. The van der Waals surface area contributed by atoms with Gasteiger partial charge in [0, 0.05) is 22.5 Å². The maximum absolute atomic E-state index is 12.6. The molecule has 4 nitrogen and oxygen atoms in total. The molecule has 0 saturated heterocycles. The average molecular weight is 672 g/mol. The molecule has 0 amide bonds. The Kier molecular flexibility index (Phi) is 11.1. The fourth-order valence-electron chi connectivity index (χ4n) is 2.01. The van der Waals surface area contributed by atoms with E-state index in [2.05, 4.69) is 0 Å². The molecule has 0 aliphatic carbocycles. The summed E-state index contributed by atoms with van der Waals surface area (Å²) in [4.78, 5) is 21.4. The zero-order chi connectivity index (χ0) is 24.6. The first-order valence-corrected chi connectivity index (χ1v) is 10.9. The number of carbonyl (C=O) groups excluding carboxylic acids is 2. The second-order valence-corrected chi connectivity index (χ2v) is 8.40. The molecule has 32 heavy (non-hydrogen) atoms. The standard InChI is InChI=1S/2C8H9NO.C6F4I2/c2*1-6(10)7-2-4-8(9)5-3-7;7-1-2(8)6(12)4(10)3(9)5(1)11/h2*2-5H,9H2,1H3;. The summed E-state index contributed by atoms with van der Waals surface area (Å²) in [5.41, 5.74) is 13.6. The van der Waals surface area contributed by atoms with Gasteiger partial charge in [0.15, 0.2) is 34.8 Å². The fourth-order valence-corrected chi connectivity index (χ4v) is 2.96. The van der Waals surface area contributed by atoms with Crippen LogP contribution in [0.1, 0.15) is 34.6 Å². The summed E-state index contributed by atoms with van der Waals surface area (Å²) in [5.74, 6) is -5.25. The van der Waals surface area contributed by atoms with Crippen LogP contribution in [0.25, 0.3) is 0 Å². The summed E-state index contributed by atoms with van der Waals surface area (Å²) in [6.07, 6.45) is 0. The van der Waals surface area contributed by atoms with Crippen molar-refractivity contribution < 1.29 is 27.2 Å². The van der Waals surface area contributed by atoms with Gasteiger partial charge in [-0.3, -0.25) is 9.59 Å². The molecule has 0 saturated carbocycles. The molecule has 0 atom stereocenters. The van der Waals surface area contributed by atoms with Gasteiger partial charge in [0.1, 0.15) is 0 Å². The fraction of sp³-hybridized carbons (Fsp3) is 0.0909. The van der Waals surface area contributed by atoms with E-state index in [1.54, 1.807) is 48.5 Å². The van der Waals surface area contributed by atoms with E-state index in [1.807, 2.05) is 0 Å². The molecule has 0 heterocycles. The molecule has 3 aromatic carbocycles. The van der Waals surface area contributed by atoms with Crippen LogP contribution in [0.2, 0.25) is 0 Å². The molecule has 0 spiro atoms. The highest BCUT2D eigenvalue weighted by molar-refractivity contribution is 14.1. The van der Waals surface area contributed by atoms with Crippen molar-refractivity contribution in [2.45, 2.75) is 13.8 Å². The van der Waals surface area contributed by atoms with Crippen LogP contribution in [0.3, 0.4) is 0 Å². The second kappa shape index (κ2) is 12.7. The van der Waals surface area contributed by atoms with Crippen LogP contribution in [0.15, 0.2) is 48.5 Å². The normalized spacial score (nSPS) is 9.75. The van der Waals surface area contributed by atoms with Gasteiger partial charge in [-0.15, -0.1) is 0 Å². The molecule has 0 bridgehead atoms. The number of anilines is 2. The second-order valence-electron chi connectivity index (χ2n) is 6.24. The zero-order valence-corrected chi connectivity index (χ0v) is 21.2. The quantitative estimate of drug-likeness (QED) is 0.0826. The third-order valence-electron chi connectivity index (χ3n) is 3.79. The maximum Gasteiger partial charge on any atom is 0.176 e. The highest BCUT2D eigenvalue weighted by atomic mass is 127. The summed E-state index contributed by atoms with van der Waals surface area (Å²) >= 11 is 2.41. The van der Waals surface area contributed by atoms with Gasteiger partial charge in [-0.25, -0.2) is 17.6 Å². The Morgan fingerprint density at radius 3 is 1.00 bits per heavy atom. The Balaban J connectivity index is 0.000000241. The van der Waals surface area contributed by atoms with Gasteiger partial charge in [0.2, 0.25) is 0 Å². The van der Waals surface area contributed by atoms with Crippen LogP contribution in [0, 0.1) is 30.4 Å².